The molecular weight excluding hydrogens is 424 g/mol. The van der Waals surface area contributed by atoms with Crippen LogP contribution in [0.15, 0.2) is 42.2 Å². The number of hydrogen-bond donors (Lipinski definition) is 1. The number of hydrogen-bond acceptors (Lipinski definition) is 4. The number of ether oxygens (including phenoxy) is 3. The zero-order valence-corrected chi connectivity index (χ0v) is 20.2. The second-order valence-corrected chi connectivity index (χ2v) is 9.71. The highest BCUT2D eigenvalue weighted by Crippen LogP contribution is 2.44. The summed E-state index contributed by atoms with van der Waals surface area (Å²) in [4.78, 5) is 6.35. The summed E-state index contributed by atoms with van der Waals surface area (Å²) in [6, 6.07) is 13.3. The Kier molecular flexibility index (Phi) is 5.37. The Bertz CT molecular complexity index is 1260. The molecule has 0 bridgehead atoms. The van der Waals surface area contributed by atoms with E-state index in [4.69, 9.17) is 14.2 Å². The van der Waals surface area contributed by atoms with Crippen molar-refractivity contribution in [3.8, 4) is 11.5 Å². The van der Waals surface area contributed by atoms with E-state index >= 15 is 0 Å². The van der Waals surface area contributed by atoms with Crippen LogP contribution in [0.2, 0.25) is 0 Å². The Balaban J connectivity index is 1.30. The van der Waals surface area contributed by atoms with Crippen LogP contribution in [0.4, 0.5) is 0 Å². The quantitative estimate of drug-likeness (QED) is 0.551. The maximum absolute atomic E-state index is 6.23. The van der Waals surface area contributed by atoms with Crippen LogP contribution in [0.3, 0.4) is 0 Å². The van der Waals surface area contributed by atoms with Crippen molar-refractivity contribution in [3.05, 3.63) is 86.9 Å². The molecule has 1 aliphatic carbocycles. The van der Waals surface area contributed by atoms with Crippen LogP contribution in [0, 0.1) is 6.92 Å². The number of aromatic nitrogens is 1. The zero-order valence-electron chi connectivity index (χ0n) is 20.2. The molecule has 176 valence electrons. The van der Waals surface area contributed by atoms with Crippen LogP contribution in [-0.4, -0.2) is 30.6 Å². The second-order valence-electron chi connectivity index (χ2n) is 9.71. The van der Waals surface area contributed by atoms with Gasteiger partial charge in [0.15, 0.2) is 11.5 Å². The van der Waals surface area contributed by atoms with Crippen molar-refractivity contribution in [2.45, 2.75) is 51.8 Å². The molecule has 2 aromatic carbocycles. The van der Waals surface area contributed by atoms with Gasteiger partial charge in [0.05, 0.1) is 20.0 Å². The summed E-state index contributed by atoms with van der Waals surface area (Å²) in [6.07, 6.45) is 6.28. The first-order chi connectivity index (χ1) is 16.6. The van der Waals surface area contributed by atoms with E-state index in [1.165, 1.54) is 39.2 Å². The summed E-state index contributed by atoms with van der Waals surface area (Å²) in [6.45, 7) is 4.67. The first-order valence-electron chi connectivity index (χ1n) is 12.2. The smallest absolute Gasteiger partial charge is 0.161 e. The first kappa shape index (κ1) is 21.4. The minimum Gasteiger partial charge on any atom is -0.501 e. The monoisotopic (exact) mass is 456 g/mol. The Labute approximate surface area is 201 Å². The molecule has 5 nitrogen and oxygen atoms in total. The van der Waals surface area contributed by atoms with E-state index in [9.17, 15) is 0 Å². The molecule has 34 heavy (non-hydrogen) atoms. The summed E-state index contributed by atoms with van der Waals surface area (Å²) >= 11 is 0. The number of benzene rings is 2. The molecule has 0 radical (unpaired) electrons. The maximum atomic E-state index is 6.23. The highest BCUT2D eigenvalue weighted by Gasteiger charge is 2.36. The van der Waals surface area contributed by atoms with Crippen LogP contribution in [0.5, 0.6) is 11.5 Å². The molecule has 6 rings (SSSR count). The van der Waals surface area contributed by atoms with E-state index in [1.807, 2.05) is 0 Å². The van der Waals surface area contributed by atoms with E-state index in [2.05, 4.69) is 59.3 Å². The molecule has 2 aliphatic heterocycles. The molecule has 1 aromatic heterocycles. The number of aromatic amines is 1. The number of aryl methyl sites for hydroxylation is 2. The average Bonchev–Trinajstić information content (AvgIpc) is 3.23. The molecule has 0 spiro atoms. The third-order valence-corrected chi connectivity index (χ3v) is 7.67. The van der Waals surface area contributed by atoms with E-state index in [1.54, 1.807) is 14.2 Å². The summed E-state index contributed by atoms with van der Waals surface area (Å²) in [7, 11) is 3.51. The first-order valence-corrected chi connectivity index (χ1v) is 12.2. The van der Waals surface area contributed by atoms with Crippen LogP contribution in [-0.2, 0) is 37.2 Å². The standard InChI is InChI=1S/C29H32N2O3/c1-18-4-6-19(7-5-18)17-34-29-12-20-10-11-31-16-26-24(14-27(31)22(20)15-28(29)33-3)23-13-21(32-2)8-9-25(23)30-26/h4-7,12-13,15,27,30H,8-11,14,16-17H2,1-3H3. The molecule has 0 saturated carbocycles. The van der Waals surface area contributed by atoms with Gasteiger partial charge in [0.1, 0.15) is 6.61 Å². The highest BCUT2D eigenvalue weighted by atomic mass is 16.5. The van der Waals surface area contributed by atoms with Crippen molar-refractivity contribution in [2.75, 3.05) is 20.8 Å². The summed E-state index contributed by atoms with van der Waals surface area (Å²) in [5.41, 5.74) is 10.7. The number of rotatable bonds is 5. The van der Waals surface area contributed by atoms with Gasteiger partial charge in [-0.05, 0) is 66.6 Å². The normalized spacial score (nSPS) is 18.8. The summed E-state index contributed by atoms with van der Waals surface area (Å²) in [5, 5.41) is 0. The molecule has 0 amide bonds. The minimum atomic E-state index is 0.359. The van der Waals surface area contributed by atoms with Crippen molar-refractivity contribution in [1.82, 2.24) is 9.88 Å². The van der Waals surface area contributed by atoms with Crippen LogP contribution >= 0.6 is 0 Å². The summed E-state index contributed by atoms with van der Waals surface area (Å²) in [5.74, 6) is 2.73. The van der Waals surface area contributed by atoms with Gasteiger partial charge in [-0.2, -0.15) is 0 Å². The molecular formula is C29H32N2O3. The fourth-order valence-corrected chi connectivity index (χ4v) is 5.75. The van der Waals surface area contributed by atoms with Crippen molar-refractivity contribution < 1.29 is 14.2 Å². The predicted octanol–water partition coefficient (Wildman–Crippen LogP) is 5.50. The molecule has 3 aromatic rings. The molecule has 1 atom stereocenters. The lowest BCUT2D eigenvalue weighted by molar-refractivity contribution is 0.158. The third kappa shape index (κ3) is 3.68. The van der Waals surface area contributed by atoms with E-state index < -0.39 is 0 Å². The van der Waals surface area contributed by atoms with Gasteiger partial charge in [-0.25, -0.2) is 0 Å². The maximum Gasteiger partial charge on any atom is 0.161 e. The van der Waals surface area contributed by atoms with Gasteiger partial charge in [0.25, 0.3) is 0 Å². The van der Waals surface area contributed by atoms with Crippen molar-refractivity contribution in [2.24, 2.45) is 0 Å². The number of nitrogens with one attached hydrogen (secondary N) is 1. The van der Waals surface area contributed by atoms with Gasteiger partial charge in [-0.15, -0.1) is 0 Å². The Morgan fingerprint density at radius 2 is 1.82 bits per heavy atom. The van der Waals surface area contributed by atoms with Gasteiger partial charge in [-0.3, -0.25) is 4.90 Å². The molecule has 0 fully saturated rings. The highest BCUT2D eigenvalue weighted by molar-refractivity contribution is 5.63. The molecule has 1 N–H and O–H groups in total. The van der Waals surface area contributed by atoms with E-state index in [0.29, 0.717) is 12.6 Å². The molecule has 3 heterocycles. The number of fused-ring (bicyclic) bond motifs is 6. The second kappa shape index (κ2) is 8.55. The van der Waals surface area contributed by atoms with Gasteiger partial charge in [0.2, 0.25) is 0 Å². The van der Waals surface area contributed by atoms with Gasteiger partial charge in [0, 0.05) is 42.5 Å². The minimum absolute atomic E-state index is 0.359. The molecule has 0 saturated heterocycles. The lowest BCUT2D eigenvalue weighted by Gasteiger charge is -2.41. The number of methoxy groups -OCH3 is 2. The fraction of sp³-hybridized carbons (Fsp3) is 0.379. The Hall–Kier alpha value is -3.18. The van der Waals surface area contributed by atoms with E-state index in [-0.39, 0.29) is 0 Å². The zero-order chi connectivity index (χ0) is 23.2. The van der Waals surface area contributed by atoms with E-state index in [0.717, 1.165) is 61.6 Å². The number of H-pyrrole nitrogens is 1. The topological polar surface area (TPSA) is 46.7 Å². The lowest BCUT2D eigenvalue weighted by Crippen LogP contribution is -2.39. The van der Waals surface area contributed by atoms with Crippen molar-refractivity contribution in [3.63, 3.8) is 0 Å². The molecule has 5 heteroatoms. The van der Waals surface area contributed by atoms with Crippen LogP contribution in [0.25, 0.3) is 6.08 Å². The van der Waals surface area contributed by atoms with Crippen molar-refractivity contribution in [1.29, 1.82) is 0 Å². The van der Waals surface area contributed by atoms with Gasteiger partial charge in [-0.1, -0.05) is 29.8 Å². The average molecular weight is 457 g/mol. The Morgan fingerprint density at radius 1 is 0.971 bits per heavy atom. The van der Waals surface area contributed by atoms with Crippen LogP contribution < -0.4 is 9.47 Å². The number of nitrogens with zero attached hydrogens (tertiary/aromatic N) is 1. The largest absolute Gasteiger partial charge is 0.501 e. The van der Waals surface area contributed by atoms with Gasteiger partial charge < -0.3 is 19.2 Å². The fourth-order valence-electron chi connectivity index (χ4n) is 5.75. The lowest BCUT2D eigenvalue weighted by atomic mass is 9.84. The SMILES string of the molecule is COC1=Cc2c([nH]c3c2CC2c4cc(OC)c(OCc5ccc(C)cc5)cc4CCN2C3)CC1. The van der Waals surface area contributed by atoms with Crippen molar-refractivity contribution >= 4 is 6.08 Å². The molecule has 3 aliphatic rings. The number of allylic oxidation sites excluding steroid dienone is 1. The van der Waals surface area contributed by atoms with Gasteiger partial charge >= 0.3 is 0 Å². The predicted molar refractivity (Wildman–Crippen MR) is 133 cm³/mol. The molecule has 1 unspecified atom stereocenters. The third-order valence-electron chi connectivity index (χ3n) is 7.67. The summed E-state index contributed by atoms with van der Waals surface area (Å²) < 4.78 is 17.6. The Morgan fingerprint density at radius 3 is 2.62 bits per heavy atom. The van der Waals surface area contributed by atoms with Crippen LogP contribution in [0.1, 0.15) is 57.2 Å².